The van der Waals surface area contributed by atoms with Gasteiger partial charge < -0.3 is 17.7 Å². The Morgan fingerprint density at radius 2 is 1.39 bits per heavy atom. The minimum atomic E-state index is -4.62. The van der Waals surface area contributed by atoms with Crippen LogP contribution in [0.3, 0.4) is 0 Å². The average molecular weight is 461 g/mol. The molecule has 6 nitrogen and oxygen atoms in total. The molecule has 28 heavy (non-hydrogen) atoms. The van der Waals surface area contributed by atoms with Crippen molar-refractivity contribution >= 4 is 40.0 Å². The largest absolute Gasteiger partial charge is 0.462 e. The van der Waals surface area contributed by atoms with E-state index in [9.17, 15) is 22.8 Å². The second-order valence-electron chi connectivity index (χ2n) is 8.65. The average Bonchev–Trinajstić information content (AvgIpc) is 2.51. The highest BCUT2D eigenvalue weighted by atomic mass is 28.4. The van der Waals surface area contributed by atoms with E-state index in [0.717, 1.165) is 6.08 Å². The van der Waals surface area contributed by atoms with E-state index in [2.05, 4.69) is 24.4 Å². The van der Waals surface area contributed by atoms with Crippen LogP contribution in [0.25, 0.3) is 0 Å². The molecule has 0 radical (unpaired) electrons. The molecule has 0 bridgehead atoms. The fraction of sp³-hybridized carbons (Fsp3) is 0.750. The molecule has 0 unspecified atom stereocenters. The smallest absolute Gasteiger partial charge is 0.422 e. The van der Waals surface area contributed by atoms with Crippen LogP contribution >= 0.6 is 0 Å². The van der Waals surface area contributed by atoms with Gasteiger partial charge in [-0.2, -0.15) is 13.2 Å². The summed E-state index contributed by atoms with van der Waals surface area (Å²) in [5, 5.41) is -0.196. The van der Waals surface area contributed by atoms with E-state index < -0.39 is 58.2 Å². The molecule has 0 aliphatic carbocycles. The second kappa shape index (κ2) is 10.7. The van der Waals surface area contributed by atoms with Gasteiger partial charge in [0.05, 0.1) is 6.61 Å². The highest BCUT2D eigenvalue weighted by molar-refractivity contribution is 6.73. The quantitative estimate of drug-likeness (QED) is 0.204. The first-order chi connectivity index (χ1) is 12.5. The monoisotopic (exact) mass is 460 g/mol. The van der Waals surface area contributed by atoms with E-state index in [1.165, 1.54) is 0 Å². The van der Waals surface area contributed by atoms with Crippen molar-refractivity contribution in [3.63, 3.8) is 0 Å². The Morgan fingerprint density at radius 1 is 0.929 bits per heavy atom. The fourth-order valence-electron chi connectivity index (χ4n) is 1.54. The molecule has 0 aromatic carbocycles. The fourth-order valence-corrected chi connectivity index (χ4v) is 6.91. The Bertz CT molecular complexity index is 557. The Morgan fingerprint density at radius 3 is 1.82 bits per heavy atom. The number of halogens is 3. The Hall–Kier alpha value is -0.959. The summed E-state index contributed by atoms with van der Waals surface area (Å²) in [5.74, 6) is -2.09. The lowest BCUT2D eigenvalue weighted by Gasteiger charge is -2.40. The zero-order chi connectivity index (χ0) is 22.2. The van der Waals surface area contributed by atoms with Gasteiger partial charge in [-0.05, 0) is 24.7 Å². The van der Waals surface area contributed by atoms with Crippen LogP contribution in [-0.4, -0.2) is 59.4 Å². The summed E-state index contributed by atoms with van der Waals surface area (Å²) in [6.45, 7) is 12.7. The standard InChI is InChI=1S/C16H31F3O6Si3/c1-14(2,15(3,4)26-24-27-25-28(5,6)7)10-22-12(20)8-9-13(21)23-11-16(17,18)19/h8-9H,10-11,26-27H2,1-7H3. The molecule has 0 aliphatic heterocycles. The molecule has 0 aromatic rings. The maximum Gasteiger partial charge on any atom is 0.422 e. The van der Waals surface area contributed by atoms with Gasteiger partial charge in [0.2, 0.25) is 0 Å². The zero-order valence-corrected chi connectivity index (χ0v) is 21.4. The first-order valence-electron chi connectivity index (χ1n) is 8.75. The summed E-state index contributed by atoms with van der Waals surface area (Å²) in [6, 6.07) is 0. The number of esters is 2. The second-order valence-corrected chi connectivity index (χ2v) is 18.0. The number of carbonyl (C=O) groups excluding carboxylic acids is 2. The van der Waals surface area contributed by atoms with Gasteiger partial charge in [-0.1, -0.05) is 27.7 Å². The van der Waals surface area contributed by atoms with Gasteiger partial charge >= 0.3 is 18.1 Å². The third kappa shape index (κ3) is 12.5. The summed E-state index contributed by atoms with van der Waals surface area (Å²) in [5.41, 5.74) is -0.396. The Kier molecular flexibility index (Phi) is 10.3. The molecule has 0 saturated carbocycles. The predicted molar refractivity (Wildman–Crippen MR) is 108 cm³/mol. The molecule has 0 aromatic heterocycles. The van der Waals surface area contributed by atoms with Crippen molar-refractivity contribution in [2.45, 2.75) is 58.6 Å². The normalized spacial score (nSPS) is 14.5. The summed E-state index contributed by atoms with van der Waals surface area (Å²) < 4.78 is 56.6. The minimum absolute atomic E-state index is 0.0769. The lowest BCUT2D eigenvalue weighted by atomic mass is 9.81. The molecule has 12 heteroatoms. The van der Waals surface area contributed by atoms with Gasteiger partial charge in [0.1, 0.15) is 0 Å². The number of hydrogen-bond donors (Lipinski definition) is 0. The van der Waals surface area contributed by atoms with E-state index in [-0.39, 0.29) is 11.6 Å². The van der Waals surface area contributed by atoms with Crippen molar-refractivity contribution < 1.29 is 40.5 Å². The van der Waals surface area contributed by atoms with E-state index in [1.54, 1.807) is 0 Å². The van der Waals surface area contributed by atoms with Crippen LogP contribution in [-0.2, 0) is 27.3 Å². The van der Waals surface area contributed by atoms with Gasteiger partial charge in [0.15, 0.2) is 24.7 Å². The van der Waals surface area contributed by atoms with Crippen molar-refractivity contribution in [2.75, 3.05) is 13.2 Å². The molecule has 0 aliphatic rings. The topological polar surface area (TPSA) is 71.1 Å². The van der Waals surface area contributed by atoms with E-state index in [0.29, 0.717) is 6.08 Å². The molecule has 0 amide bonds. The number of ether oxygens (including phenoxy) is 2. The minimum Gasteiger partial charge on any atom is -0.462 e. The van der Waals surface area contributed by atoms with Gasteiger partial charge in [0, 0.05) is 17.6 Å². The summed E-state index contributed by atoms with van der Waals surface area (Å²) in [7, 11) is -3.56. The van der Waals surface area contributed by atoms with Crippen LogP contribution < -0.4 is 0 Å². The van der Waals surface area contributed by atoms with E-state index in [4.69, 9.17) is 13.0 Å². The number of hydrogen-bond acceptors (Lipinski definition) is 6. The maximum atomic E-state index is 11.9. The van der Waals surface area contributed by atoms with Crippen LogP contribution in [0.2, 0.25) is 24.7 Å². The van der Waals surface area contributed by atoms with E-state index >= 15 is 0 Å². The van der Waals surface area contributed by atoms with Crippen LogP contribution in [0.1, 0.15) is 27.7 Å². The van der Waals surface area contributed by atoms with Gasteiger partial charge in [0.25, 0.3) is 10.0 Å². The van der Waals surface area contributed by atoms with Crippen molar-refractivity contribution in [1.82, 2.24) is 0 Å². The SMILES string of the molecule is CC(C)(COC(=O)C=CC(=O)OCC(F)(F)F)C(C)(C)[SiH2]O[SiH2]O[Si](C)(C)C. The number of rotatable bonds is 11. The molecule has 0 fully saturated rings. The van der Waals surface area contributed by atoms with E-state index in [1.807, 2.05) is 27.7 Å². The van der Waals surface area contributed by atoms with Crippen LogP contribution in [0.4, 0.5) is 13.2 Å². The van der Waals surface area contributed by atoms with Crippen molar-refractivity contribution in [2.24, 2.45) is 5.41 Å². The molecular weight excluding hydrogens is 429 g/mol. The van der Waals surface area contributed by atoms with Gasteiger partial charge in [-0.3, -0.25) is 0 Å². The number of alkyl halides is 3. The first kappa shape index (κ1) is 27.0. The zero-order valence-electron chi connectivity index (χ0n) is 17.6. The summed E-state index contributed by atoms with van der Waals surface area (Å²) >= 11 is 0. The molecule has 0 atom stereocenters. The number of carbonyl (C=O) groups is 2. The maximum absolute atomic E-state index is 11.9. The van der Waals surface area contributed by atoms with Gasteiger partial charge in [-0.15, -0.1) is 0 Å². The molecule has 0 heterocycles. The first-order valence-corrected chi connectivity index (χ1v) is 14.6. The highest BCUT2D eigenvalue weighted by Crippen LogP contribution is 2.44. The van der Waals surface area contributed by atoms with Crippen LogP contribution in [0.15, 0.2) is 12.2 Å². The molecule has 0 rings (SSSR count). The Labute approximate surface area is 170 Å². The lowest BCUT2D eigenvalue weighted by Crippen LogP contribution is -2.38. The third-order valence-electron chi connectivity index (χ3n) is 4.18. The van der Waals surface area contributed by atoms with Crippen molar-refractivity contribution in [3.8, 4) is 0 Å². The molecule has 164 valence electrons. The predicted octanol–water partition coefficient (Wildman–Crippen LogP) is 2.37. The molecule has 0 spiro atoms. The Balaban J connectivity index is 4.45. The molecule has 0 N–H and O–H groups in total. The lowest BCUT2D eigenvalue weighted by molar-refractivity contribution is -0.182. The summed E-state index contributed by atoms with van der Waals surface area (Å²) in [4.78, 5) is 22.9. The van der Waals surface area contributed by atoms with Crippen LogP contribution in [0, 0.1) is 5.41 Å². The van der Waals surface area contributed by atoms with Crippen molar-refractivity contribution in [1.29, 1.82) is 0 Å². The van der Waals surface area contributed by atoms with Gasteiger partial charge in [-0.25, -0.2) is 9.59 Å². The molecule has 0 saturated heterocycles. The highest BCUT2D eigenvalue weighted by Gasteiger charge is 2.39. The summed E-state index contributed by atoms with van der Waals surface area (Å²) in [6.07, 6.45) is -3.25. The van der Waals surface area contributed by atoms with Crippen LogP contribution in [0.5, 0.6) is 0 Å². The molecular formula is C16H31F3O6Si3. The third-order valence-corrected chi connectivity index (χ3v) is 11.3. The van der Waals surface area contributed by atoms with Crippen molar-refractivity contribution in [3.05, 3.63) is 12.2 Å².